The Balaban J connectivity index is 1.82. The van der Waals surface area contributed by atoms with E-state index >= 15 is 0 Å². The fraction of sp³-hybridized carbons (Fsp3) is 0.562. The van der Waals surface area contributed by atoms with Crippen molar-refractivity contribution in [2.75, 3.05) is 32.0 Å². The fourth-order valence-corrected chi connectivity index (χ4v) is 2.80. The van der Waals surface area contributed by atoms with Crippen LogP contribution in [-0.4, -0.2) is 43.5 Å². The molecule has 1 heterocycles. The minimum Gasteiger partial charge on any atom is -0.325 e. The van der Waals surface area contributed by atoms with Crippen molar-refractivity contribution in [3.05, 3.63) is 30.3 Å². The average Bonchev–Trinajstić information content (AvgIpc) is 2.47. The molecule has 1 aromatic rings. The summed E-state index contributed by atoms with van der Waals surface area (Å²) >= 11 is 0. The molecule has 2 unspecified atom stereocenters. The number of hydrogen-bond acceptors (Lipinski definition) is 3. The molecule has 1 aliphatic heterocycles. The minimum atomic E-state index is 0.0777. The van der Waals surface area contributed by atoms with Crippen LogP contribution in [0.15, 0.2) is 30.3 Å². The number of carbonyl (C=O) groups excluding carboxylic acids is 1. The molecule has 1 amide bonds. The predicted octanol–water partition coefficient (Wildman–Crippen LogP) is 1.94. The van der Waals surface area contributed by atoms with Crippen LogP contribution >= 0.6 is 0 Å². The molecule has 20 heavy (non-hydrogen) atoms. The predicted molar refractivity (Wildman–Crippen MR) is 82.8 cm³/mol. The molecule has 1 saturated heterocycles. The van der Waals surface area contributed by atoms with E-state index in [1.54, 1.807) is 0 Å². The van der Waals surface area contributed by atoms with E-state index in [1.807, 2.05) is 37.4 Å². The molecule has 0 aliphatic carbocycles. The Bertz CT molecular complexity index is 421. The van der Waals surface area contributed by atoms with Crippen molar-refractivity contribution in [3.63, 3.8) is 0 Å². The zero-order valence-electron chi connectivity index (χ0n) is 12.4. The van der Waals surface area contributed by atoms with Crippen LogP contribution in [0.1, 0.15) is 19.8 Å². The van der Waals surface area contributed by atoms with Crippen molar-refractivity contribution < 1.29 is 4.79 Å². The van der Waals surface area contributed by atoms with E-state index < -0.39 is 0 Å². The smallest absolute Gasteiger partial charge is 0.238 e. The van der Waals surface area contributed by atoms with Gasteiger partial charge in [-0.25, -0.2) is 0 Å². The second-order valence-electron chi connectivity index (χ2n) is 5.63. The third kappa shape index (κ3) is 4.32. The molecule has 4 heteroatoms. The standard InChI is InChI=1S/C16H25N3O/c1-13(17-2)14-7-6-10-19(11-14)12-16(20)18-15-8-4-3-5-9-15/h3-5,8-9,13-14,17H,6-7,10-12H2,1-2H3,(H,18,20). The van der Waals surface area contributed by atoms with Crippen LogP contribution in [-0.2, 0) is 4.79 Å². The summed E-state index contributed by atoms with van der Waals surface area (Å²) in [5.74, 6) is 0.715. The monoisotopic (exact) mass is 275 g/mol. The second kappa shape index (κ2) is 7.41. The van der Waals surface area contributed by atoms with Gasteiger partial charge in [-0.05, 0) is 51.4 Å². The largest absolute Gasteiger partial charge is 0.325 e. The Morgan fingerprint density at radius 3 is 2.85 bits per heavy atom. The van der Waals surface area contributed by atoms with Gasteiger partial charge in [-0.3, -0.25) is 9.69 Å². The quantitative estimate of drug-likeness (QED) is 0.863. The molecule has 1 aromatic carbocycles. The molecule has 0 radical (unpaired) electrons. The molecule has 0 aromatic heterocycles. The third-order valence-electron chi connectivity index (χ3n) is 4.13. The zero-order chi connectivity index (χ0) is 14.4. The number of likely N-dealkylation sites (tertiary alicyclic amines) is 1. The van der Waals surface area contributed by atoms with Crippen LogP contribution < -0.4 is 10.6 Å². The van der Waals surface area contributed by atoms with E-state index in [9.17, 15) is 4.79 Å². The Morgan fingerprint density at radius 1 is 1.40 bits per heavy atom. The summed E-state index contributed by atoms with van der Waals surface area (Å²) in [7, 11) is 2.01. The van der Waals surface area contributed by atoms with E-state index in [-0.39, 0.29) is 5.91 Å². The van der Waals surface area contributed by atoms with Crippen LogP contribution in [0.2, 0.25) is 0 Å². The van der Waals surface area contributed by atoms with Gasteiger partial charge in [0, 0.05) is 18.3 Å². The number of rotatable bonds is 5. The van der Waals surface area contributed by atoms with Gasteiger partial charge in [0.1, 0.15) is 0 Å². The first-order chi connectivity index (χ1) is 9.69. The summed E-state index contributed by atoms with van der Waals surface area (Å²) in [5.41, 5.74) is 0.870. The molecule has 1 aliphatic rings. The highest BCUT2D eigenvalue weighted by Crippen LogP contribution is 2.19. The van der Waals surface area contributed by atoms with Crippen LogP contribution in [0.25, 0.3) is 0 Å². The van der Waals surface area contributed by atoms with Crippen LogP contribution in [0.5, 0.6) is 0 Å². The van der Waals surface area contributed by atoms with Crippen molar-refractivity contribution in [3.8, 4) is 0 Å². The number of piperidine rings is 1. The number of hydrogen-bond donors (Lipinski definition) is 2. The average molecular weight is 275 g/mol. The lowest BCUT2D eigenvalue weighted by atomic mass is 9.92. The van der Waals surface area contributed by atoms with E-state index in [4.69, 9.17) is 0 Å². The maximum Gasteiger partial charge on any atom is 0.238 e. The molecule has 110 valence electrons. The van der Waals surface area contributed by atoms with E-state index in [0.717, 1.165) is 18.8 Å². The topological polar surface area (TPSA) is 44.4 Å². The number of amides is 1. The molecule has 1 fully saturated rings. The lowest BCUT2D eigenvalue weighted by Crippen LogP contribution is -2.45. The van der Waals surface area contributed by atoms with Crippen LogP contribution in [0.4, 0.5) is 5.69 Å². The molecule has 2 atom stereocenters. The van der Waals surface area contributed by atoms with E-state index in [0.29, 0.717) is 18.5 Å². The second-order valence-corrected chi connectivity index (χ2v) is 5.63. The Hall–Kier alpha value is -1.39. The summed E-state index contributed by atoms with van der Waals surface area (Å²) in [6, 6.07) is 10.2. The lowest BCUT2D eigenvalue weighted by Gasteiger charge is -2.35. The minimum absolute atomic E-state index is 0.0777. The van der Waals surface area contributed by atoms with Crippen molar-refractivity contribution >= 4 is 11.6 Å². The molecule has 4 nitrogen and oxygen atoms in total. The van der Waals surface area contributed by atoms with Gasteiger partial charge in [0.05, 0.1) is 6.54 Å². The maximum absolute atomic E-state index is 12.1. The normalized spacial score (nSPS) is 21.4. The Kier molecular flexibility index (Phi) is 5.56. The van der Waals surface area contributed by atoms with Gasteiger partial charge >= 0.3 is 0 Å². The lowest BCUT2D eigenvalue weighted by molar-refractivity contribution is -0.117. The van der Waals surface area contributed by atoms with Gasteiger partial charge < -0.3 is 10.6 Å². The maximum atomic E-state index is 12.1. The third-order valence-corrected chi connectivity index (χ3v) is 4.13. The highest BCUT2D eigenvalue weighted by molar-refractivity contribution is 5.92. The summed E-state index contributed by atoms with van der Waals surface area (Å²) < 4.78 is 0. The number of nitrogens with zero attached hydrogens (tertiary/aromatic N) is 1. The molecule has 0 saturated carbocycles. The molecular formula is C16H25N3O. The number of para-hydroxylation sites is 1. The van der Waals surface area contributed by atoms with E-state index in [1.165, 1.54) is 12.8 Å². The highest BCUT2D eigenvalue weighted by atomic mass is 16.2. The van der Waals surface area contributed by atoms with Crippen molar-refractivity contribution in [1.29, 1.82) is 0 Å². The first-order valence-corrected chi connectivity index (χ1v) is 7.43. The Labute approximate surface area is 121 Å². The zero-order valence-corrected chi connectivity index (χ0v) is 12.4. The van der Waals surface area contributed by atoms with E-state index in [2.05, 4.69) is 22.5 Å². The van der Waals surface area contributed by atoms with Crippen molar-refractivity contribution in [1.82, 2.24) is 10.2 Å². The first-order valence-electron chi connectivity index (χ1n) is 7.43. The summed E-state index contributed by atoms with van der Waals surface area (Å²) in [4.78, 5) is 14.3. The molecule has 2 N–H and O–H groups in total. The number of anilines is 1. The number of benzene rings is 1. The van der Waals surface area contributed by atoms with Gasteiger partial charge in [0.25, 0.3) is 0 Å². The molecule has 0 spiro atoms. The highest BCUT2D eigenvalue weighted by Gasteiger charge is 2.24. The fourth-order valence-electron chi connectivity index (χ4n) is 2.80. The number of carbonyl (C=O) groups is 1. The van der Waals surface area contributed by atoms with Gasteiger partial charge in [0.15, 0.2) is 0 Å². The summed E-state index contributed by atoms with van der Waals surface area (Å²) in [6.07, 6.45) is 2.42. The number of nitrogens with one attached hydrogen (secondary N) is 2. The summed E-state index contributed by atoms with van der Waals surface area (Å²) in [6.45, 7) is 4.74. The van der Waals surface area contributed by atoms with Gasteiger partial charge in [-0.2, -0.15) is 0 Å². The van der Waals surface area contributed by atoms with Crippen molar-refractivity contribution in [2.24, 2.45) is 5.92 Å². The van der Waals surface area contributed by atoms with Gasteiger partial charge in [-0.1, -0.05) is 18.2 Å². The van der Waals surface area contributed by atoms with Crippen LogP contribution in [0, 0.1) is 5.92 Å². The van der Waals surface area contributed by atoms with Gasteiger partial charge in [0.2, 0.25) is 5.91 Å². The Morgan fingerprint density at radius 2 is 2.15 bits per heavy atom. The van der Waals surface area contributed by atoms with Gasteiger partial charge in [-0.15, -0.1) is 0 Å². The van der Waals surface area contributed by atoms with Crippen LogP contribution in [0.3, 0.4) is 0 Å². The summed E-state index contributed by atoms with van der Waals surface area (Å²) in [5, 5.41) is 6.27. The molecule has 0 bridgehead atoms. The first kappa shape index (κ1) is 15.0. The molecule has 2 rings (SSSR count). The SMILES string of the molecule is CNC(C)C1CCCN(CC(=O)Nc2ccccc2)C1. The van der Waals surface area contributed by atoms with Crippen molar-refractivity contribution in [2.45, 2.75) is 25.8 Å². The molecular weight excluding hydrogens is 250 g/mol.